The van der Waals surface area contributed by atoms with Gasteiger partial charge in [0.2, 0.25) is 0 Å². The zero-order chi connectivity index (χ0) is 6.97. The van der Waals surface area contributed by atoms with Crippen LogP contribution in [0.5, 0.6) is 0 Å². The number of nitrogens with one attached hydrogen (secondary N) is 1. The van der Waals surface area contributed by atoms with Crippen LogP contribution in [0.2, 0.25) is 0 Å². The lowest BCUT2D eigenvalue weighted by Crippen LogP contribution is -1.76. The summed E-state index contributed by atoms with van der Waals surface area (Å²) in [6, 6.07) is 0. The summed E-state index contributed by atoms with van der Waals surface area (Å²) in [6.07, 6.45) is 3.20. The van der Waals surface area contributed by atoms with E-state index < -0.39 is 0 Å². The Morgan fingerprint density at radius 3 is 3.00 bits per heavy atom. The third-order valence-electron chi connectivity index (χ3n) is 1.28. The molecule has 0 aromatic carbocycles. The molecule has 58 valence electrons. The van der Waals surface area contributed by atoms with Crippen molar-refractivity contribution in [2.75, 3.05) is 0 Å². The summed E-state index contributed by atoms with van der Waals surface area (Å²) < 4.78 is 0. The smallest absolute Gasteiger partial charge is 0.180 e. The fourth-order valence-electron chi connectivity index (χ4n) is 0.882. The van der Waals surface area contributed by atoms with E-state index in [0.717, 1.165) is 17.0 Å². The molecule has 11 heavy (non-hydrogen) atoms. The summed E-state index contributed by atoms with van der Waals surface area (Å²) in [4.78, 5) is 14.9. The van der Waals surface area contributed by atoms with Crippen LogP contribution in [0.25, 0.3) is 11.2 Å². The van der Waals surface area contributed by atoms with Crippen molar-refractivity contribution in [1.82, 2.24) is 19.9 Å². The van der Waals surface area contributed by atoms with Gasteiger partial charge in [0.05, 0.1) is 6.20 Å². The molecule has 0 saturated carbocycles. The van der Waals surface area contributed by atoms with Crippen molar-refractivity contribution in [3.8, 4) is 0 Å². The Kier molecular flexibility index (Phi) is 1.85. The average molecular weight is 150 g/mol. The van der Waals surface area contributed by atoms with Gasteiger partial charge in [-0.3, -0.25) is 0 Å². The summed E-state index contributed by atoms with van der Waals surface area (Å²) in [5.74, 6) is 0.871. The molecular formula is C7H10N4. The van der Waals surface area contributed by atoms with Crippen molar-refractivity contribution in [2.24, 2.45) is 0 Å². The maximum atomic E-state index is 4.11. The first-order valence-electron chi connectivity index (χ1n) is 2.98. The number of hydrogen-bond donors (Lipinski definition) is 1. The van der Waals surface area contributed by atoms with Crippen LogP contribution >= 0.6 is 0 Å². The molecule has 2 rings (SSSR count). The molecule has 0 amide bonds. The predicted octanol–water partition coefficient (Wildman–Crippen LogP) is 1.30. The number of H-pyrrole nitrogens is 1. The molecule has 0 fully saturated rings. The first-order valence-corrected chi connectivity index (χ1v) is 2.98. The van der Waals surface area contributed by atoms with Crippen LogP contribution in [0.4, 0.5) is 0 Å². The van der Waals surface area contributed by atoms with Crippen LogP contribution < -0.4 is 0 Å². The molecule has 4 nitrogen and oxygen atoms in total. The fraction of sp³-hybridized carbons (Fsp3) is 0.286. The molecule has 0 bridgehead atoms. The molecular weight excluding hydrogens is 140 g/mol. The molecule has 0 aliphatic heterocycles. The lowest BCUT2D eigenvalue weighted by Gasteiger charge is -1.80. The number of aromatic amines is 1. The van der Waals surface area contributed by atoms with Crippen molar-refractivity contribution < 1.29 is 0 Å². The minimum absolute atomic E-state index is 0. The van der Waals surface area contributed by atoms with E-state index in [0.29, 0.717) is 0 Å². The Morgan fingerprint density at radius 1 is 1.45 bits per heavy atom. The Bertz CT molecular complexity index is 319. The Hall–Kier alpha value is -1.45. The molecule has 4 heteroatoms. The van der Waals surface area contributed by atoms with Gasteiger partial charge in [0.15, 0.2) is 5.65 Å². The molecule has 0 unspecified atom stereocenters. The molecule has 0 radical (unpaired) electrons. The first-order chi connectivity index (χ1) is 4.86. The van der Waals surface area contributed by atoms with E-state index in [-0.39, 0.29) is 7.43 Å². The van der Waals surface area contributed by atoms with Gasteiger partial charge < -0.3 is 4.98 Å². The second-order valence-electron chi connectivity index (χ2n) is 2.08. The molecule has 2 aromatic rings. The summed E-state index contributed by atoms with van der Waals surface area (Å²) in [5, 5.41) is 0. The largest absolute Gasteiger partial charge is 0.340 e. The highest BCUT2D eigenvalue weighted by Crippen LogP contribution is 2.03. The highest BCUT2D eigenvalue weighted by atomic mass is 15.0. The number of hydrogen-bond acceptors (Lipinski definition) is 3. The number of rotatable bonds is 0. The summed E-state index contributed by atoms with van der Waals surface area (Å²) in [7, 11) is 0. The SMILES string of the molecule is C.Cc1nc2ncncc2[nH]1. The van der Waals surface area contributed by atoms with E-state index in [9.17, 15) is 0 Å². The van der Waals surface area contributed by atoms with Crippen molar-refractivity contribution in [1.29, 1.82) is 0 Å². The van der Waals surface area contributed by atoms with Crippen molar-refractivity contribution in [2.45, 2.75) is 14.4 Å². The van der Waals surface area contributed by atoms with Crippen LogP contribution in [-0.4, -0.2) is 19.9 Å². The maximum Gasteiger partial charge on any atom is 0.180 e. The van der Waals surface area contributed by atoms with Crippen LogP contribution in [0.3, 0.4) is 0 Å². The maximum absolute atomic E-state index is 4.11. The molecule has 0 atom stereocenters. The minimum Gasteiger partial charge on any atom is -0.340 e. The van der Waals surface area contributed by atoms with Gasteiger partial charge in [-0.25, -0.2) is 15.0 Å². The van der Waals surface area contributed by atoms with E-state index in [1.807, 2.05) is 6.92 Å². The number of imidazole rings is 1. The lowest BCUT2D eigenvalue weighted by molar-refractivity contribution is 1.16. The van der Waals surface area contributed by atoms with Gasteiger partial charge in [-0.05, 0) is 6.92 Å². The monoisotopic (exact) mass is 150 g/mol. The summed E-state index contributed by atoms with van der Waals surface area (Å²) >= 11 is 0. The zero-order valence-corrected chi connectivity index (χ0v) is 5.50. The fourth-order valence-corrected chi connectivity index (χ4v) is 0.882. The van der Waals surface area contributed by atoms with Gasteiger partial charge in [-0.1, -0.05) is 7.43 Å². The number of fused-ring (bicyclic) bond motifs is 1. The minimum atomic E-state index is 0. The van der Waals surface area contributed by atoms with Crippen LogP contribution in [0.1, 0.15) is 13.3 Å². The van der Waals surface area contributed by atoms with Gasteiger partial charge in [0.25, 0.3) is 0 Å². The highest BCUT2D eigenvalue weighted by molar-refractivity contribution is 5.68. The summed E-state index contributed by atoms with van der Waals surface area (Å²) in [5.41, 5.74) is 1.62. The van der Waals surface area contributed by atoms with Gasteiger partial charge in [-0.2, -0.15) is 0 Å². The quantitative estimate of drug-likeness (QED) is 0.615. The second kappa shape index (κ2) is 2.65. The standard InChI is InChI=1S/C6H6N4.CH4/c1-4-9-5-2-7-3-8-6(5)10-4;/h2-3H,1H3,(H,7,8,9,10);1H4. The third-order valence-corrected chi connectivity index (χ3v) is 1.28. The van der Waals surface area contributed by atoms with Crippen molar-refractivity contribution in [3.05, 3.63) is 18.3 Å². The van der Waals surface area contributed by atoms with Crippen molar-refractivity contribution >= 4 is 11.2 Å². The Labute approximate surface area is 64.7 Å². The molecule has 0 saturated heterocycles. The molecule has 0 spiro atoms. The molecule has 2 heterocycles. The highest BCUT2D eigenvalue weighted by Gasteiger charge is 1.96. The number of nitrogens with zero attached hydrogens (tertiary/aromatic N) is 3. The van der Waals surface area contributed by atoms with E-state index >= 15 is 0 Å². The molecule has 0 aliphatic carbocycles. The topological polar surface area (TPSA) is 54.5 Å². The lowest BCUT2D eigenvalue weighted by atomic mass is 10.6. The number of aryl methyl sites for hydroxylation is 1. The molecule has 2 aromatic heterocycles. The third kappa shape index (κ3) is 1.19. The zero-order valence-electron chi connectivity index (χ0n) is 5.50. The second-order valence-corrected chi connectivity index (χ2v) is 2.08. The van der Waals surface area contributed by atoms with Gasteiger partial charge in [0, 0.05) is 0 Å². The van der Waals surface area contributed by atoms with Gasteiger partial charge in [0.1, 0.15) is 17.7 Å². The Balaban J connectivity index is 0.000000605. The Morgan fingerprint density at radius 2 is 2.27 bits per heavy atom. The van der Waals surface area contributed by atoms with Crippen LogP contribution in [0.15, 0.2) is 12.5 Å². The predicted molar refractivity (Wildman–Crippen MR) is 43.2 cm³/mol. The summed E-state index contributed by atoms with van der Waals surface area (Å²) in [6.45, 7) is 1.89. The molecule has 0 aliphatic rings. The van der Waals surface area contributed by atoms with Gasteiger partial charge in [-0.15, -0.1) is 0 Å². The van der Waals surface area contributed by atoms with E-state index in [4.69, 9.17) is 0 Å². The molecule has 1 N–H and O–H groups in total. The first kappa shape index (κ1) is 7.65. The van der Waals surface area contributed by atoms with Gasteiger partial charge >= 0.3 is 0 Å². The van der Waals surface area contributed by atoms with E-state index in [1.54, 1.807) is 6.20 Å². The van der Waals surface area contributed by atoms with Crippen LogP contribution in [-0.2, 0) is 0 Å². The average Bonchev–Trinajstić information content (AvgIpc) is 2.27. The normalized spacial score (nSPS) is 9.55. The van der Waals surface area contributed by atoms with E-state index in [1.165, 1.54) is 6.33 Å². The number of aromatic nitrogens is 4. The van der Waals surface area contributed by atoms with Crippen LogP contribution in [0, 0.1) is 6.92 Å². The van der Waals surface area contributed by atoms with Crippen molar-refractivity contribution in [3.63, 3.8) is 0 Å². The van der Waals surface area contributed by atoms with E-state index in [2.05, 4.69) is 19.9 Å².